The molecule has 156 valence electrons. The molecular weight excluding hydrogens is 397 g/mol. The van der Waals surface area contributed by atoms with E-state index >= 15 is 0 Å². The Morgan fingerprint density at radius 1 is 1.00 bits per heavy atom. The number of carbonyl (C=O) groups excluding carboxylic acids is 1. The third-order valence-corrected chi connectivity index (χ3v) is 5.31. The number of hydrogen-bond acceptors (Lipinski definition) is 5. The molecule has 1 saturated carbocycles. The molecule has 4 rings (SSSR count). The molecule has 0 unspecified atom stereocenters. The van der Waals surface area contributed by atoms with Crippen LogP contribution < -0.4 is 5.32 Å². The largest absolute Gasteiger partial charge is 0.416 e. The quantitative estimate of drug-likeness (QED) is 0.665. The van der Waals surface area contributed by atoms with Gasteiger partial charge in [-0.25, -0.2) is 0 Å². The van der Waals surface area contributed by atoms with E-state index in [1.807, 2.05) is 0 Å². The minimum Gasteiger partial charge on any atom is -0.338 e. The fourth-order valence-corrected chi connectivity index (χ4v) is 3.68. The van der Waals surface area contributed by atoms with Crippen LogP contribution in [0.1, 0.15) is 53.9 Å². The van der Waals surface area contributed by atoms with Gasteiger partial charge in [-0.2, -0.15) is 18.2 Å². The lowest BCUT2D eigenvalue weighted by Gasteiger charge is -2.34. The van der Waals surface area contributed by atoms with E-state index in [0.29, 0.717) is 24.6 Å². The van der Waals surface area contributed by atoms with Crippen LogP contribution in [0.5, 0.6) is 0 Å². The summed E-state index contributed by atoms with van der Waals surface area (Å²) in [5.74, 6) is 0.213. The summed E-state index contributed by atoms with van der Waals surface area (Å²) < 4.78 is 43.9. The summed E-state index contributed by atoms with van der Waals surface area (Å²) in [6, 6.07) is 7.65. The lowest BCUT2D eigenvalue weighted by Crippen LogP contribution is -2.47. The number of amides is 1. The van der Waals surface area contributed by atoms with Crippen molar-refractivity contribution >= 4 is 5.91 Å². The third kappa shape index (κ3) is 4.05. The van der Waals surface area contributed by atoms with Crippen molar-refractivity contribution in [2.24, 2.45) is 0 Å². The molecule has 1 aliphatic carbocycles. The van der Waals surface area contributed by atoms with Gasteiger partial charge in [0, 0.05) is 23.5 Å². The summed E-state index contributed by atoms with van der Waals surface area (Å²) in [5.41, 5.74) is -0.775. The summed E-state index contributed by atoms with van der Waals surface area (Å²) in [6.07, 6.45) is 2.74. The first-order chi connectivity index (χ1) is 14.4. The Balaban J connectivity index is 1.60. The van der Waals surface area contributed by atoms with Gasteiger partial charge in [0.05, 0.1) is 5.56 Å². The van der Waals surface area contributed by atoms with Gasteiger partial charge in [0.25, 0.3) is 11.8 Å². The molecule has 1 aliphatic rings. The van der Waals surface area contributed by atoms with Crippen molar-refractivity contribution in [1.82, 2.24) is 20.4 Å². The molecule has 1 N–H and O–H groups in total. The van der Waals surface area contributed by atoms with Crippen molar-refractivity contribution in [2.75, 3.05) is 0 Å². The Morgan fingerprint density at radius 2 is 1.67 bits per heavy atom. The van der Waals surface area contributed by atoms with Crippen molar-refractivity contribution in [3.8, 4) is 11.4 Å². The van der Waals surface area contributed by atoms with Crippen molar-refractivity contribution in [1.29, 1.82) is 0 Å². The molecule has 2 aromatic heterocycles. The highest BCUT2D eigenvalue weighted by atomic mass is 19.4. The second-order valence-corrected chi connectivity index (χ2v) is 7.33. The van der Waals surface area contributed by atoms with E-state index < -0.39 is 23.2 Å². The fraction of sp³-hybridized carbons (Fsp3) is 0.333. The number of nitrogens with one attached hydrogen (secondary N) is 1. The van der Waals surface area contributed by atoms with E-state index in [-0.39, 0.29) is 5.56 Å². The average molecular weight is 416 g/mol. The lowest BCUT2D eigenvalue weighted by molar-refractivity contribution is -0.137. The van der Waals surface area contributed by atoms with Crippen LogP contribution in [0.2, 0.25) is 0 Å². The first kappa shape index (κ1) is 20.1. The molecule has 0 atom stereocenters. The van der Waals surface area contributed by atoms with Crippen LogP contribution in [-0.2, 0) is 11.7 Å². The summed E-state index contributed by atoms with van der Waals surface area (Å²) in [6.45, 7) is 0. The van der Waals surface area contributed by atoms with Gasteiger partial charge >= 0.3 is 6.18 Å². The Hall–Kier alpha value is -3.23. The van der Waals surface area contributed by atoms with E-state index in [1.165, 1.54) is 12.1 Å². The Labute approximate surface area is 170 Å². The van der Waals surface area contributed by atoms with E-state index in [9.17, 15) is 18.0 Å². The SMILES string of the molecule is O=C(NC1(c2nc(-c3ccncc3)no2)CCCCC1)c1ccc(C(F)(F)F)cc1. The van der Waals surface area contributed by atoms with Crippen molar-refractivity contribution in [2.45, 2.75) is 43.8 Å². The molecule has 0 saturated heterocycles. The molecule has 1 amide bonds. The summed E-state index contributed by atoms with van der Waals surface area (Å²) in [5, 5.41) is 6.99. The first-order valence-electron chi connectivity index (χ1n) is 9.62. The summed E-state index contributed by atoms with van der Waals surface area (Å²) in [4.78, 5) is 21.3. The van der Waals surface area contributed by atoms with Gasteiger partial charge in [-0.1, -0.05) is 24.4 Å². The van der Waals surface area contributed by atoms with Gasteiger partial charge in [-0.15, -0.1) is 0 Å². The zero-order valence-electron chi connectivity index (χ0n) is 15.9. The number of benzene rings is 1. The minimum absolute atomic E-state index is 0.141. The number of halogens is 3. The van der Waals surface area contributed by atoms with E-state index in [0.717, 1.165) is 37.0 Å². The molecule has 9 heteroatoms. The van der Waals surface area contributed by atoms with Crippen molar-refractivity contribution in [3.63, 3.8) is 0 Å². The average Bonchev–Trinajstić information content (AvgIpc) is 3.26. The predicted octanol–water partition coefficient (Wildman–Crippen LogP) is 4.74. The molecular formula is C21H19F3N4O2. The Kier molecular flexibility index (Phi) is 5.27. The van der Waals surface area contributed by atoms with Crippen molar-refractivity contribution < 1.29 is 22.5 Å². The summed E-state index contributed by atoms with van der Waals surface area (Å²) in [7, 11) is 0. The molecule has 0 radical (unpaired) electrons. The number of rotatable bonds is 4. The second kappa shape index (κ2) is 7.89. The topological polar surface area (TPSA) is 80.9 Å². The standard InChI is InChI=1S/C21H19F3N4O2/c22-21(23,24)16-6-4-15(5-7-16)18(29)27-20(10-2-1-3-11-20)19-26-17(28-30-19)14-8-12-25-13-9-14/h4-9,12-13H,1-3,10-11H2,(H,27,29). The fourth-order valence-electron chi connectivity index (χ4n) is 3.68. The second-order valence-electron chi connectivity index (χ2n) is 7.33. The van der Waals surface area contributed by atoms with Gasteiger partial charge in [-0.3, -0.25) is 9.78 Å². The number of nitrogens with zero attached hydrogens (tertiary/aromatic N) is 3. The molecule has 3 aromatic rings. The zero-order chi connectivity index (χ0) is 21.2. The van der Waals surface area contributed by atoms with E-state index in [2.05, 4.69) is 20.4 Å². The van der Waals surface area contributed by atoms with Crippen molar-refractivity contribution in [3.05, 3.63) is 65.8 Å². The Morgan fingerprint density at radius 3 is 2.30 bits per heavy atom. The maximum absolute atomic E-state index is 12.8. The predicted molar refractivity (Wildman–Crippen MR) is 101 cm³/mol. The van der Waals surface area contributed by atoms with Gasteiger partial charge in [0.15, 0.2) is 0 Å². The smallest absolute Gasteiger partial charge is 0.338 e. The molecule has 0 spiro atoms. The van der Waals surface area contributed by atoms with E-state index in [1.54, 1.807) is 24.5 Å². The first-order valence-corrected chi connectivity index (χ1v) is 9.62. The van der Waals surface area contributed by atoms with Gasteiger partial charge in [-0.05, 0) is 49.2 Å². The van der Waals surface area contributed by atoms with Gasteiger partial charge in [0.2, 0.25) is 5.82 Å². The molecule has 1 aromatic carbocycles. The highest BCUT2D eigenvalue weighted by Crippen LogP contribution is 2.37. The normalized spacial score (nSPS) is 16.2. The number of hydrogen-bond donors (Lipinski definition) is 1. The maximum Gasteiger partial charge on any atom is 0.416 e. The number of pyridine rings is 1. The van der Waals surface area contributed by atoms with E-state index in [4.69, 9.17) is 4.52 Å². The number of aromatic nitrogens is 3. The summed E-state index contributed by atoms with van der Waals surface area (Å²) >= 11 is 0. The molecule has 0 bridgehead atoms. The maximum atomic E-state index is 12.8. The van der Waals surface area contributed by atoms with Crippen LogP contribution >= 0.6 is 0 Å². The third-order valence-electron chi connectivity index (χ3n) is 5.31. The van der Waals surface area contributed by atoms with Crippen LogP contribution in [0.25, 0.3) is 11.4 Å². The lowest BCUT2D eigenvalue weighted by atomic mass is 9.81. The zero-order valence-corrected chi connectivity index (χ0v) is 15.9. The van der Waals surface area contributed by atoms with Crippen LogP contribution in [0, 0.1) is 0 Å². The molecule has 1 fully saturated rings. The highest BCUT2D eigenvalue weighted by Gasteiger charge is 2.41. The van der Waals surface area contributed by atoms with Crippen LogP contribution in [-0.4, -0.2) is 21.0 Å². The van der Waals surface area contributed by atoms with Gasteiger partial charge in [0.1, 0.15) is 5.54 Å². The van der Waals surface area contributed by atoms with Crippen LogP contribution in [0.15, 0.2) is 53.3 Å². The Bertz CT molecular complexity index is 1010. The highest BCUT2D eigenvalue weighted by molar-refractivity contribution is 5.94. The molecule has 0 aliphatic heterocycles. The minimum atomic E-state index is -4.45. The molecule has 30 heavy (non-hydrogen) atoms. The monoisotopic (exact) mass is 416 g/mol. The molecule has 2 heterocycles. The number of carbonyl (C=O) groups is 1. The van der Waals surface area contributed by atoms with Crippen LogP contribution in [0.3, 0.4) is 0 Å². The van der Waals surface area contributed by atoms with Crippen LogP contribution in [0.4, 0.5) is 13.2 Å². The molecule has 6 nitrogen and oxygen atoms in total. The number of alkyl halides is 3. The van der Waals surface area contributed by atoms with Gasteiger partial charge < -0.3 is 9.84 Å².